The lowest BCUT2D eigenvalue weighted by atomic mass is 11.6. The van der Waals surface area contributed by atoms with Crippen LogP contribution in [0.15, 0.2) is 0 Å². The molecule has 0 saturated heterocycles. The van der Waals surface area contributed by atoms with Gasteiger partial charge in [0.2, 0.25) is 0 Å². The van der Waals surface area contributed by atoms with Crippen LogP contribution in [-0.2, 0) is 0 Å². The van der Waals surface area contributed by atoms with Crippen LogP contribution in [-0.4, -0.2) is 9.93 Å². The van der Waals surface area contributed by atoms with Crippen molar-refractivity contribution in [3.05, 3.63) is 0 Å². The zero-order chi connectivity index (χ0) is 4.36. The summed E-state index contributed by atoms with van der Waals surface area (Å²) in [6.45, 7) is 0.269. The lowest BCUT2D eigenvalue weighted by Crippen LogP contribution is -1.78. The van der Waals surface area contributed by atoms with E-state index in [0.717, 1.165) is 0 Å². The number of fused-ring (bicyclic) bond motifs is 1. The van der Waals surface area contributed by atoms with Gasteiger partial charge in [-0.05, 0) is 36.4 Å². The van der Waals surface area contributed by atoms with Crippen LogP contribution < -0.4 is 0 Å². The zero-order valence-electron chi connectivity index (χ0n) is 2.72. The highest BCUT2D eigenvalue weighted by molar-refractivity contribution is 14.2. The maximum absolute atomic E-state index is 9.03. The quantitative estimate of drug-likeness (QED) is 0.517. The highest BCUT2D eigenvalue weighted by atomic mass is 127. The number of halogens is 1. The minimum atomic E-state index is -0.131. The van der Waals surface area contributed by atoms with Crippen molar-refractivity contribution in [2.75, 3.05) is 0 Å². The van der Waals surface area contributed by atoms with E-state index in [2.05, 4.69) is 22.0 Å². The molecular weight excluding hydrogens is 248 g/mol. The van der Waals surface area contributed by atoms with Gasteiger partial charge < -0.3 is 5.11 Å². The molecule has 2 heterocycles. The van der Waals surface area contributed by atoms with Gasteiger partial charge in [0.25, 0.3) is 0 Å². The van der Waals surface area contributed by atoms with Crippen LogP contribution >= 0.6 is 41.3 Å². The fraction of sp³-hybridized carbons (Fsp3) is 1.00. The Bertz CT molecular complexity index is 201. The Kier molecular flexibility index (Phi) is 0.775. The first-order valence-electron chi connectivity index (χ1n) is 1.53. The van der Waals surface area contributed by atoms with E-state index in [4.69, 9.17) is 5.11 Å². The third-order valence-corrected chi connectivity index (χ3v) is 27.1. The zero-order valence-corrected chi connectivity index (χ0v) is 7.67. The number of hydrogen-bond donors (Lipinski definition) is 1. The second kappa shape index (κ2) is 1.01. The molecule has 0 radical (unpaired) electrons. The standard InChI is InChI=1S/CH2IOP3/c2-5-1(3)4-6(1)5/h3,5H. The van der Waals surface area contributed by atoms with Crippen molar-refractivity contribution in [3.8, 4) is 0 Å². The van der Waals surface area contributed by atoms with Crippen molar-refractivity contribution >= 4 is 41.3 Å². The van der Waals surface area contributed by atoms with Gasteiger partial charge in [-0.3, -0.25) is 0 Å². The van der Waals surface area contributed by atoms with Crippen LogP contribution in [0, 0.1) is 0 Å². The van der Waals surface area contributed by atoms with Gasteiger partial charge in [0, 0.05) is 4.85 Å². The van der Waals surface area contributed by atoms with Crippen LogP contribution in [0.25, 0.3) is 0 Å². The summed E-state index contributed by atoms with van der Waals surface area (Å²) in [5, 5.41) is 9.03. The summed E-state index contributed by atoms with van der Waals surface area (Å²) in [5.74, 6) is 0. The normalized spacial score (nSPS) is 68.3. The summed E-state index contributed by atoms with van der Waals surface area (Å²) >= 11 is 2.42. The van der Waals surface area contributed by atoms with E-state index in [1.807, 2.05) is 0 Å². The molecule has 0 aromatic rings. The Morgan fingerprint density at radius 1 is 2.00 bits per heavy atom. The molecule has 2 aliphatic rings. The molecule has 0 aromatic carbocycles. The van der Waals surface area contributed by atoms with E-state index in [0.29, 0.717) is 0 Å². The predicted molar refractivity (Wildman–Crippen MR) is 41.1 cm³/mol. The molecule has 0 saturated carbocycles. The highest BCUT2D eigenvalue weighted by Crippen LogP contribution is 3.02. The van der Waals surface area contributed by atoms with Gasteiger partial charge in [-0.25, -0.2) is 0 Å². The SMILES string of the molecule is OC12P=P1=[PH]2I. The maximum Gasteiger partial charge on any atom is 0.179 e. The van der Waals surface area contributed by atoms with Gasteiger partial charge in [-0.1, -0.05) is 0 Å². The molecule has 1 N–H and O–H groups in total. The fourth-order valence-electron chi connectivity index (χ4n) is 0.352. The molecule has 0 aromatic heterocycles. The molecule has 2 rings (SSSR count). The van der Waals surface area contributed by atoms with Crippen molar-refractivity contribution in [2.24, 2.45) is 0 Å². The molecule has 5 heteroatoms. The lowest BCUT2D eigenvalue weighted by Gasteiger charge is -1.83. The molecule has 0 spiro atoms. The second-order valence-corrected chi connectivity index (χ2v) is 17.4. The summed E-state index contributed by atoms with van der Waals surface area (Å²) in [7, 11) is 1.39. The smallest absolute Gasteiger partial charge is 0.179 e. The van der Waals surface area contributed by atoms with Gasteiger partial charge in [-0.15, -0.1) is 0 Å². The van der Waals surface area contributed by atoms with Crippen LogP contribution in [0.5, 0.6) is 0 Å². The summed E-state index contributed by atoms with van der Waals surface area (Å²) in [6.07, 6.45) is 0. The lowest BCUT2D eigenvalue weighted by molar-refractivity contribution is 0.325. The molecule has 3 unspecified atom stereocenters. The minimum absolute atomic E-state index is 0.000556. The molecule has 6 heavy (non-hydrogen) atoms. The van der Waals surface area contributed by atoms with Gasteiger partial charge in [0.1, 0.15) is 0 Å². The minimum Gasteiger partial charge on any atom is -0.369 e. The van der Waals surface area contributed by atoms with E-state index >= 15 is 0 Å². The summed E-state index contributed by atoms with van der Waals surface area (Å²) in [5.41, 5.74) is 0. The van der Waals surface area contributed by atoms with Crippen LogP contribution in [0.1, 0.15) is 0 Å². The van der Waals surface area contributed by atoms with E-state index in [1.165, 1.54) is 7.87 Å². The number of hydrogen-bond acceptors (Lipinski definition) is 1. The Labute approximate surface area is 51.2 Å². The van der Waals surface area contributed by atoms with E-state index < -0.39 is 0 Å². The number of rotatable bonds is 0. The van der Waals surface area contributed by atoms with Crippen molar-refractivity contribution in [2.45, 2.75) is 4.82 Å². The highest BCUT2D eigenvalue weighted by Gasteiger charge is 2.56. The molecule has 1 nitrogen and oxygen atoms in total. The summed E-state index contributed by atoms with van der Waals surface area (Å²) in [4.78, 5) is -0.130. The topological polar surface area (TPSA) is 20.2 Å². The maximum atomic E-state index is 9.03. The Morgan fingerprint density at radius 3 is 2.33 bits per heavy atom. The second-order valence-electron chi connectivity index (χ2n) is 1.34. The Morgan fingerprint density at radius 2 is 2.33 bits per heavy atom. The molecule has 3 atom stereocenters. The van der Waals surface area contributed by atoms with E-state index in [9.17, 15) is 0 Å². The van der Waals surface area contributed by atoms with Crippen molar-refractivity contribution in [3.63, 3.8) is 0 Å². The van der Waals surface area contributed by atoms with Crippen molar-refractivity contribution in [1.82, 2.24) is 0 Å². The third-order valence-electron chi connectivity index (χ3n) is 0.908. The van der Waals surface area contributed by atoms with Gasteiger partial charge >= 0.3 is 0 Å². The monoisotopic (exact) mass is 250 g/mol. The van der Waals surface area contributed by atoms with E-state index in [-0.39, 0.29) is 16.2 Å². The van der Waals surface area contributed by atoms with Crippen LogP contribution in [0.4, 0.5) is 0 Å². The van der Waals surface area contributed by atoms with Gasteiger partial charge in [0.05, 0.1) is 0 Å². The summed E-state index contributed by atoms with van der Waals surface area (Å²) < 4.78 is 0. The average molecular weight is 250 g/mol. The molecule has 0 amide bonds. The first-order valence-corrected chi connectivity index (χ1v) is 9.93. The van der Waals surface area contributed by atoms with Crippen molar-refractivity contribution in [1.29, 1.82) is 0 Å². The van der Waals surface area contributed by atoms with Crippen LogP contribution in [0.2, 0.25) is 0 Å². The molecule has 0 aliphatic carbocycles. The van der Waals surface area contributed by atoms with E-state index in [1.54, 1.807) is 0 Å². The first kappa shape index (κ1) is 4.58. The predicted octanol–water partition coefficient (Wildman–Crippen LogP) is 2.44. The molecular formula is CH2IOP3. The first-order chi connectivity index (χ1) is 2.75. The Balaban J connectivity index is 2.62. The van der Waals surface area contributed by atoms with Gasteiger partial charge in [-0.2, -0.15) is 0 Å². The molecule has 0 fully saturated rings. The fourth-order valence-corrected chi connectivity index (χ4v) is 26.6. The Hall–Kier alpha value is 1.72. The van der Waals surface area contributed by atoms with Crippen molar-refractivity contribution < 1.29 is 5.11 Å². The number of aliphatic hydroxyl groups is 1. The average Bonchev–Trinajstić information content (AvgIpc) is 2.24. The molecule has 2 aliphatic heterocycles. The van der Waals surface area contributed by atoms with Gasteiger partial charge in [0.15, 0.2) is 4.82 Å². The molecule has 34 valence electrons. The molecule has 0 bridgehead atoms. The summed E-state index contributed by atoms with van der Waals surface area (Å²) in [6, 6.07) is 0. The largest absolute Gasteiger partial charge is 0.369 e. The third kappa shape index (κ3) is 0.364. The van der Waals surface area contributed by atoms with Crippen LogP contribution in [0.3, 0.4) is 0 Å².